The molecule has 0 saturated heterocycles. The molecular formula is C13H4Br4Cl6. The van der Waals surface area contributed by atoms with Crippen LogP contribution in [0.3, 0.4) is 0 Å². The van der Waals surface area contributed by atoms with Crippen LogP contribution in [0.4, 0.5) is 0 Å². The molecular weight excluding hydrogens is 688 g/mol. The van der Waals surface area contributed by atoms with Gasteiger partial charge in [0.15, 0.2) is 4.33 Å². The monoisotopic (exact) mass is 686 g/mol. The van der Waals surface area contributed by atoms with E-state index in [0.29, 0.717) is 6.42 Å². The highest BCUT2D eigenvalue weighted by Gasteiger charge is 2.78. The SMILES string of the molecule is ClC1=C(Cl)C2(Cl)C(c3c(Br)cc(Br)c(Br)c3Br)CC1(Cl)C2(Cl)Cl. The predicted octanol–water partition coefficient (Wildman–Crippen LogP) is 9.06. The summed E-state index contributed by atoms with van der Waals surface area (Å²) in [6, 6.07) is 1.90. The summed E-state index contributed by atoms with van der Waals surface area (Å²) in [5.74, 6) is -0.347. The fourth-order valence-electron chi connectivity index (χ4n) is 3.11. The van der Waals surface area contributed by atoms with Gasteiger partial charge in [0.25, 0.3) is 0 Å². The molecule has 0 N–H and O–H groups in total. The maximum atomic E-state index is 6.87. The molecule has 126 valence electrons. The highest BCUT2D eigenvalue weighted by Crippen LogP contribution is 2.77. The first-order chi connectivity index (χ1) is 10.4. The Labute approximate surface area is 197 Å². The Balaban J connectivity index is 2.29. The molecule has 0 amide bonds. The molecule has 3 rings (SSSR count). The highest BCUT2D eigenvalue weighted by atomic mass is 79.9. The summed E-state index contributed by atoms with van der Waals surface area (Å²) >= 11 is 53.5. The van der Waals surface area contributed by atoms with Gasteiger partial charge in [-0.3, -0.25) is 0 Å². The Morgan fingerprint density at radius 2 is 1.43 bits per heavy atom. The molecule has 2 aliphatic rings. The van der Waals surface area contributed by atoms with Crippen molar-refractivity contribution < 1.29 is 0 Å². The van der Waals surface area contributed by atoms with E-state index >= 15 is 0 Å². The number of halogens is 10. The van der Waals surface area contributed by atoms with Crippen LogP contribution in [0.1, 0.15) is 17.9 Å². The molecule has 1 saturated carbocycles. The molecule has 1 aromatic carbocycles. The second-order valence-electron chi connectivity index (χ2n) is 5.35. The molecule has 23 heavy (non-hydrogen) atoms. The topological polar surface area (TPSA) is 0 Å². The highest BCUT2D eigenvalue weighted by molar-refractivity contribution is 9.14. The van der Waals surface area contributed by atoms with E-state index in [1.165, 1.54) is 0 Å². The van der Waals surface area contributed by atoms with Gasteiger partial charge >= 0.3 is 0 Å². The maximum absolute atomic E-state index is 6.87. The normalized spacial score (nSPS) is 35.3. The van der Waals surface area contributed by atoms with E-state index in [4.69, 9.17) is 69.6 Å². The van der Waals surface area contributed by atoms with Crippen LogP contribution in [0.2, 0.25) is 0 Å². The summed E-state index contributed by atoms with van der Waals surface area (Å²) in [4.78, 5) is -2.56. The number of rotatable bonds is 1. The van der Waals surface area contributed by atoms with Crippen LogP contribution in [0.15, 0.2) is 34.0 Å². The lowest BCUT2D eigenvalue weighted by molar-refractivity contribution is 0.596. The fourth-order valence-corrected chi connectivity index (χ4v) is 8.89. The number of alkyl halides is 4. The number of benzene rings is 1. The molecule has 1 aromatic rings. The van der Waals surface area contributed by atoms with E-state index in [0.717, 1.165) is 23.5 Å². The molecule has 0 heterocycles. The van der Waals surface area contributed by atoms with Crippen molar-refractivity contribution in [3.8, 4) is 0 Å². The van der Waals surface area contributed by atoms with E-state index < -0.39 is 14.1 Å². The van der Waals surface area contributed by atoms with Gasteiger partial charge in [0.2, 0.25) is 0 Å². The first-order valence-electron chi connectivity index (χ1n) is 6.06. The lowest BCUT2D eigenvalue weighted by atomic mass is 9.85. The van der Waals surface area contributed by atoms with Gasteiger partial charge in [-0.15, -0.1) is 23.2 Å². The van der Waals surface area contributed by atoms with E-state index in [1.54, 1.807) is 0 Å². The minimum atomic E-state index is -1.54. The van der Waals surface area contributed by atoms with Crippen molar-refractivity contribution in [1.29, 1.82) is 0 Å². The molecule has 0 nitrogen and oxygen atoms in total. The third kappa shape index (κ3) is 2.46. The van der Waals surface area contributed by atoms with Crippen molar-refractivity contribution in [3.05, 3.63) is 39.6 Å². The van der Waals surface area contributed by atoms with Crippen LogP contribution in [-0.4, -0.2) is 14.1 Å². The summed E-state index contributed by atoms with van der Waals surface area (Å²) < 4.78 is 1.79. The van der Waals surface area contributed by atoms with E-state index in [-0.39, 0.29) is 16.0 Å². The smallest absolute Gasteiger partial charge is 0.110 e. The molecule has 0 radical (unpaired) electrons. The van der Waals surface area contributed by atoms with Crippen LogP contribution in [0, 0.1) is 0 Å². The van der Waals surface area contributed by atoms with Gasteiger partial charge in [0.05, 0.1) is 10.1 Å². The van der Waals surface area contributed by atoms with Gasteiger partial charge in [-0.1, -0.05) is 62.3 Å². The van der Waals surface area contributed by atoms with E-state index in [9.17, 15) is 0 Å². The van der Waals surface area contributed by atoms with Gasteiger partial charge < -0.3 is 0 Å². The standard InChI is InChI=1S/C13H4Br4Cl6/c14-4-1-5(15)7(16)8(17)6(4)3-2-11(20)9(18)10(19)12(3,21)13(11,22)23/h1,3H,2H2. The van der Waals surface area contributed by atoms with Crippen molar-refractivity contribution in [3.63, 3.8) is 0 Å². The third-order valence-electron chi connectivity index (χ3n) is 4.28. The summed E-state index contributed by atoms with van der Waals surface area (Å²) in [5.41, 5.74) is 0.866. The Morgan fingerprint density at radius 3 is 1.91 bits per heavy atom. The van der Waals surface area contributed by atoms with Gasteiger partial charge in [-0.25, -0.2) is 0 Å². The Kier molecular flexibility index (Phi) is 5.59. The van der Waals surface area contributed by atoms with Crippen molar-refractivity contribution in [2.45, 2.75) is 26.4 Å². The predicted molar refractivity (Wildman–Crippen MR) is 115 cm³/mol. The van der Waals surface area contributed by atoms with Gasteiger partial charge in [0.1, 0.15) is 9.75 Å². The number of fused-ring (bicyclic) bond motifs is 2. The molecule has 0 spiro atoms. The molecule has 1 fully saturated rings. The second kappa shape index (κ2) is 6.32. The molecule has 0 aliphatic heterocycles. The number of hydrogen-bond acceptors (Lipinski definition) is 0. The first-order valence-corrected chi connectivity index (χ1v) is 11.5. The summed E-state index contributed by atoms with van der Waals surface area (Å²) in [6.07, 6.45) is 0.353. The van der Waals surface area contributed by atoms with Gasteiger partial charge in [-0.05, 0) is 65.8 Å². The molecule has 2 bridgehead atoms. The molecule has 0 aromatic heterocycles. The first kappa shape index (κ1) is 20.4. The zero-order valence-electron chi connectivity index (χ0n) is 10.6. The van der Waals surface area contributed by atoms with Gasteiger partial charge in [0, 0.05) is 23.8 Å². The van der Waals surface area contributed by atoms with Crippen LogP contribution >= 0.6 is 133 Å². The Morgan fingerprint density at radius 1 is 0.870 bits per heavy atom. The van der Waals surface area contributed by atoms with Gasteiger partial charge in [-0.2, -0.15) is 0 Å². The van der Waals surface area contributed by atoms with Crippen molar-refractivity contribution in [2.75, 3.05) is 0 Å². The average Bonchev–Trinajstić information content (AvgIpc) is 2.67. The largest absolute Gasteiger partial charge is 0.166 e. The molecule has 10 heteroatoms. The lowest BCUT2D eigenvalue weighted by Gasteiger charge is -2.35. The minimum absolute atomic E-state index is 0.190. The zero-order valence-corrected chi connectivity index (χ0v) is 21.5. The third-order valence-corrected chi connectivity index (χ3v) is 12.6. The van der Waals surface area contributed by atoms with E-state index in [2.05, 4.69) is 63.7 Å². The van der Waals surface area contributed by atoms with Crippen molar-refractivity contribution in [1.82, 2.24) is 0 Å². The minimum Gasteiger partial charge on any atom is -0.110 e. The maximum Gasteiger partial charge on any atom is 0.166 e. The second-order valence-corrected chi connectivity index (χ2v) is 12.0. The molecule has 3 unspecified atom stereocenters. The lowest BCUT2D eigenvalue weighted by Crippen LogP contribution is -2.43. The summed E-state index contributed by atoms with van der Waals surface area (Å²) in [7, 11) is 0. The average molecular weight is 693 g/mol. The van der Waals surface area contributed by atoms with Crippen LogP contribution in [-0.2, 0) is 0 Å². The number of hydrogen-bond donors (Lipinski definition) is 0. The van der Waals surface area contributed by atoms with Crippen LogP contribution < -0.4 is 0 Å². The zero-order chi connectivity index (χ0) is 17.5. The van der Waals surface area contributed by atoms with Crippen molar-refractivity contribution >= 4 is 133 Å². The number of allylic oxidation sites excluding steroid dienone is 2. The van der Waals surface area contributed by atoms with Crippen LogP contribution in [0.25, 0.3) is 0 Å². The fraction of sp³-hybridized carbons (Fsp3) is 0.385. The summed E-state index contributed by atoms with van der Waals surface area (Å²) in [6.45, 7) is 0. The van der Waals surface area contributed by atoms with Crippen molar-refractivity contribution in [2.24, 2.45) is 0 Å². The quantitative estimate of drug-likeness (QED) is 0.157. The molecule has 2 aliphatic carbocycles. The van der Waals surface area contributed by atoms with Crippen LogP contribution in [0.5, 0.6) is 0 Å². The Hall–Kier alpha value is 2.62. The molecule has 3 atom stereocenters. The summed E-state index contributed by atoms with van der Waals surface area (Å²) in [5, 5.41) is 0.399. The van der Waals surface area contributed by atoms with E-state index in [1.807, 2.05) is 6.07 Å². The Bertz CT molecular complexity index is 763.